The highest BCUT2D eigenvalue weighted by molar-refractivity contribution is 5.95. The first kappa shape index (κ1) is 15.9. The van der Waals surface area contributed by atoms with Crippen molar-refractivity contribution in [3.63, 3.8) is 0 Å². The lowest BCUT2D eigenvalue weighted by atomic mass is 10.2. The highest BCUT2D eigenvalue weighted by atomic mass is 16.5. The minimum atomic E-state index is -0.728. The van der Waals surface area contributed by atoms with Crippen LogP contribution in [0.1, 0.15) is 6.42 Å². The van der Waals surface area contributed by atoms with Crippen LogP contribution in [0.3, 0.4) is 0 Å². The number of para-hydroxylation sites is 2. The molecule has 1 atom stereocenters. The summed E-state index contributed by atoms with van der Waals surface area (Å²) >= 11 is 0. The van der Waals surface area contributed by atoms with Gasteiger partial charge in [-0.25, -0.2) is 0 Å². The van der Waals surface area contributed by atoms with E-state index in [0.717, 1.165) is 0 Å². The standard InChI is InChI=1S/C13H19N3O4/c1-19-11(8-14)13(18)16-9-4-2-3-5-10(9)20-7-6-12(15)17/h2-5,11H,6-8,14H2,1H3,(H2,15,17)(H,16,18). The fourth-order valence-electron chi connectivity index (χ4n) is 1.48. The van der Waals surface area contributed by atoms with Gasteiger partial charge in [0.25, 0.3) is 5.91 Å². The molecule has 0 aliphatic rings. The van der Waals surface area contributed by atoms with E-state index in [1.54, 1.807) is 24.3 Å². The molecule has 1 rings (SSSR count). The Labute approximate surface area is 117 Å². The molecule has 0 aliphatic heterocycles. The number of carbonyl (C=O) groups excluding carboxylic acids is 2. The number of hydrogen-bond acceptors (Lipinski definition) is 5. The van der Waals surface area contributed by atoms with Crippen LogP contribution in [0.15, 0.2) is 24.3 Å². The van der Waals surface area contributed by atoms with Crippen LogP contribution in [-0.2, 0) is 14.3 Å². The number of hydrogen-bond donors (Lipinski definition) is 3. The number of rotatable bonds is 8. The molecule has 0 bridgehead atoms. The van der Waals surface area contributed by atoms with Gasteiger partial charge >= 0.3 is 0 Å². The van der Waals surface area contributed by atoms with Crippen molar-refractivity contribution in [3.8, 4) is 5.75 Å². The largest absolute Gasteiger partial charge is 0.491 e. The summed E-state index contributed by atoms with van der Waals surface area (Å²) in [4.78, 5) is 22.5. The molecule has 1 unspecified atom stereocenters. The summed E-state index contributed by atoms with van der Waals surface area (Å²) in [5, 5.41) is 2.67. The zero-order chi connectivity index (χ0) is 15.0. The zero-order valence-corrected chi connectivity index (χ0v) is 11.3. The summed E-state index contributed by atoms with van der Waals surface area (Å²) in [5.74, 6) is -0.357. The van der Waals surface area contributed by atoms with E-state index in [1.165, 1.54) is 7.11 Å². The molecule has 0 radical (unpaired) electrons. The van der Waals surface area contributed by atoms with Crippen LogP contribution in [0.5, 0.6) is 5.75 Å². The van der Waals surface area contributed by atoms with Crippen molar-refractivity contribution in [2.45, 2.75) is 12.5 Å². The van der Waals surface area contributed by atoms with Crippen molar-refractivity contribution in [2.24, 2.45) is 11.5 Å². The Morgan fingerprint density at radius 1 is 1.35 bits per heavy atom. The van der Waals surface area contributed by atoms with Crippen LogP contribution in [0.2, 0.25) is 0 Å². The molecule has 0 saturated heterocycles. The van der Waals surface area contributed by atoms with Crippen LogP contribution < -0.4 is 21.5 Å². The Kier molecular flexibility index (Phi) is 6.48. The van der Waals surface area contributed by atoms with E-state index >= 15 is 0 Å². The first-order valence-electron chi connectivity index (χ1n) is 6.12. The molecule has 0 heterocycles. The molecule has 7 heteroatoms. The molecular formula is C13H19N3O4. The number of nitrogens with two attached hydrogens (primary N) is 2. The number of carbonyl (C=O) groups is 2. The third-order valence-corrected chi connectivity index (χ3v) is 2.54. The number of amides is 2. The third-order valence-electron chi connectivity index (χ3n) is 2.54. The summed E-state index contributed by atoms with van der Waals surface area (Å²) in [6.07, 6.45) is -0.625. The van der Waals surface area contributed by atoms with Gasteiger partial charge in [-0.3, -0.25) is 9.59 Å². The predicted octanol–water partition coefficient (Wildman–Crippen LogP) is -0.147. The monoisotopic (exact) mass is 281 g/mol. The third kappa shape index (κ3) is 4.87. The predicted molar refractivity (Wildman–Crippen MR) is 74.2 cm³/mol. The van der Waals surface area contributed by atoms with E-state index in [0.29, 0.717) is 11.4 Å². The minimum absolute atomic E-state index is 0.0764. The van der Waals surface area contributed by atoms with Crippen molar-refractivity contribution in [2.75, 3.05) is 25.6 Å². The van der Waals surface area contributed by atoms with Crippen LogP contribution in [-0.4, -0.2) is 38.2 Å². The van der Waals surface area contributed by atoms with Gasteiger partial charge < -0.3 is 26.3 Å². The molecule has 20 heavy (non-hydrogen) atoms. The maximum absolute atomic E-state index is 11.9. The number of ether oxygens (including phenoxy) is 2. The Morgan fingerprint density at radius 2 is 2.05 bits per heavy atom. The van der Waals surface area contributed by atoms with E-state index < -0.39 is 12.0 Å². The molecule has 0 fully saturated rings. The Bertz CT molecular complexity index is 461. The Morgan fingerprint density at radius 3 is 2.65 bits per heavy atom. The summed E-state index contributed by atoms with van der Waals surface area (Å²) in [6, 6.07) is 6.87. The number of nitrogens with one attached hydrogen (secondary N) is 1. The molecule has 0 spiro atoms. The van der Waals surface area contributed by atoms with Gasteiger partial charge in [-0.15, -0.1) is 0 Å². The van der Waals surface area contributed by atoms with Gasteiger partial charge in [0.05, 0.1) is 18.7 Å². The van der Waals surface area contributed by atoms with E-state index in [1.807, 2.05) is 0 Å². The number of primary amides is 1. The van der Waals surface area contributed by atoms with Gasteiger partial charge in [-0.05, 0) is 12.1 Å². The highest BCUT2D eigenvalue weighted by Crippen LogP contribution is 2.24. The lowest BCUT2D eigenvalue weighted by molar-refractivity contribution is -0.125. The molecule has 1 aromatic carbocycles. The number of anilines is 1. The summed E-state index contributed by atoms with van der Waals surface area (Å²) < 4.78 is 10.4. The molecule has 110 valence electrons. The average molecular weight is 281 g/mol. The lowest BCUT2D eigenvalue weighted by Gasteiger charge is -2.15. The highest BCUT2D eigenvalue weighted by Gasteiger charge is 2.17. The maximum atomic E-state index is 11.9. The summed E-state index contributed by atoms with van der Waals surface area (Å²) in [7, 11) is 1.41. The summed E-state index contributed by atoms with van der Waals surface area (Å²) in [6.45, 7) is 0.222. The van der Waals surface area contributed by atoms with Gasteiger partial charge in [0.2, 0.25) is 5.91 Å². The molecule has 2 amide bonds. The van der Waals surface area contributed by atoms with E-state index in [4.69, 9.17) is 20.9 Å². The molecular weight excluding hydrogens is 262 g/mol. The molecule has 0 aromatic heterocycles. The first-order chi connectivity index (χ1) is 9.58. The van der Waals surface area contributed by atoms with E-state index in [9.17, 15) is 9.59 Å². The van der Waals surface area contributed by atoms with Gasteiger partial charge in [0.1, 0.15) is 11.9 Å². The van der Waals surface area contributed by atoms with Gasteiger partial charge in [0, 0.05) is 13.7 Å². The number of methoxy groups -OCH3 is 1. The summed E-state index contributed by atoms with van der Waals surface area (Å²) in [5.41, 5.74) is 10.9. The van der Waals surface area contributed by atoms with Gasteiger partial charge in [0.15, 0.2) is 0 Å². The zero-order valence-electron chi connectivity index (χ0n) is 11.3. The first-order valence-corrected chi connectivity index (χ1v) is 6.12. The normalized spacial score (nSPS) is 11.7. The van der Waals surface area contributed by atoms with Gasteiger partial charge in [-0.2, -0.15) is 0 Å². The van der Waals surface area contributed by atoms with Gasteiger partial charge in [-0.1, -0.05) is 12.1 Å². The van der Waals surface area contributed by atoms with Crippen molar-refractivity contribution in [1.82, 2.24) is 0 Å². The van der Waals surface area contributed by atoms with Crippen molar-refractivity contribution < 1.29 is 19.1 Å². The molecule has 1 aromatic rings. The second kappa shape index (κ2) is 8.13. The number of benzene rings is 1. The SMILES string of the molecule is COC(CN)C(=O)Nc1ccccc1OCCC(N)=O. The van der Waals surface area contributed by atoms with E-state index in [-0.39, 0.29) is 25.5 Å². The maximum Gasteiger partial charge on any atom is 0.254 e. The fraction of sp³-hybridized carbons (Fsp3) is 0.385. The lowest BCUT2D eigenvalue weighted by Crippen LogP contribution is -2.36. The van der Waals surface area contributed by atoms with Crippen molar-refractivity contribution in [1.29, 1.82) is 0 Å². The average Bonchev–Trinajstić information content (AvgIpc) is 2.41. The molecule has 7 nitrogen and oxygen atoms in total. The molecule has 5 N–H and O–H groups in total. The minimum Gasteiger partial charge on any atom is -0.491 e. The van der Waals surface area contributed by atoms with Crippen molar-refractivity contribution >= 4 is 17.5 Å². The van der Waals surface area contributed by atoms with Crippen molar-refractivity contribution in [3.05, 3.63) is 24.3 Å². The Hall–Kier alpha value is -2.12. The van der Waals surface area contributed by atoms with Crippen LogP contribution in [0.25, 0.3) is 0 Å². The molecule has 0 aliphatic carbocycles. The van der Waals surface area contributed by atoms with Crippen LogP contribution >= 0.6 is 0 Å². The molecule has 0 saturated carbocycles. The second-order valence-electron chi connectivity index (χ2n) is 4.01. The quantitative estimate of drug-likeness (QED) is 0.613. The second-order valence-corrected chi connectivity index (χ2v) is 4.01. The fourth-order valence-corrected chi connectivity index (χ4v) is 1.48. The topological polar surface area (TPSA) is 117 Å². The van der Waals surface area contributed by atoms with Crippen LogP contribution in [0.4, 0.5) is 5.69 Å². The van der Waals surface area contributed by atoms with Crippen LogP contribution in [0, 0.1) is 0 Å². The smallest absolute Gasteiger partial charge is 0.254 e. The Balaban J connectivity index is 2.69. The van der Waals surface area contributed by atoms with E-state index in [2.05, 4.69) is 5.32 Å².